The fraction of sp³-hybridized carbons (Fsp3) is 0.462. The molecule has 28 heavy (non-hydrogen) atoms. The number of fused-ring (bicyclic) bond motifs is 2. The lowest BCUT2D eigenvalue weighted by atomic mass is 9.61. The molecule has 0 saturated heterocycles. The molecule has 5 rings (SSSR count). The van der Waals surface area contributed by atoms with Gasteiger partial charge < -0.3 is 10.0 Å². The van der Waals surface area contributed by atoms with Gasteiger partial charge in [0.25, 0.3) is 0 Å². The number of allylic oxidation sites excluding steroid dienone is 1. The molecule has 148 valence electrons. The van der Waals surface area contributed by atoms with Crippen LogP contribution in [-0.4, -0.2) is 35.7 Å². The van der Waals surface area contributed by atoms with Crippen molar-refractivity contribution in [2.45, 2.75) is 44.1 Å². The minimum atomic E-state index is -0.519. The van der Waals surface area contributed by atoms with Gasteiger partial charge in [-0.1, -0.05) is 66.7 Å². The number of benzene rings is 2. The number of aliphatic hydroxyl groups is 1. The van der Waals surface area contributed by atoms with Crippen molar-refractivity contribution in [3.8, 4) is 0 Å². The van der Waals surface area contributed by atoms with Crippen molar-refractivity contribution in [3.05, 3.63) is 77.9 Å². The molecule has 2 heteroatoms. The maximum atomic E-state index is 11.4. The van der Waals surface area contributed by atoms with E-state index < -0.39 is 5.60 Å². The molecule has 3 aliphatic rings. The van der Waals surface area contributed by atoms with Crippen LogP contribution in [0.3, 0.4) is 0 Å². The molecule has 2 bridgehead atoms. The average molecular weight is 376 g/mol. The summed E-state index contributed by atoms with van der Waals surface area (Å²) in [5.74, 6) is 0.825. The molecule has 0 heterocycles. The van der Waals surface area contributed by atoms with Crippen LogP contribution in [0.2, 0.25) is 0 Å². The number of rotatable bonds is 8. The molecule has 1 fully saturated rings. The van der Waals surface area contributed by atoms with E-state index in [1.165, 1.54) is 29.5 Å². The van der Waals surface area contributed by atoms with E-state index in [9.17, 15) is 5.11 Å². The first-order valence-corrected chi connectivity index (χ1v) is 10.9. The summed E-state index contributed by atoms with van der Waals surface area (Å²) in [6, 6.07) is 21.5. The van der Waals surface area contributed by atoms with Crippen molar-refractivity contribution in [1.82, 2.24) is 4.90 Å². The Bertz CT molecular complexity index is 785. The number of nitrogens with zero attached hydrogens (tertiary/aromatic N) is 1. The van der Waals surface area contributed by atoms with Crippen molar-refractivity contribution in [1.29, 1.82) is 0 Å². The molecule has 2 aromatic rings. The Kier molecular flexibility index (Phi) is 5.99. The molecule has 0 aliphatic heterocycles. The van der Waals surface area contributed by atoms with Gasteiger partial charge in [0.15, 0.2) is 0 Å². The standard InChI is InChI=1S/C26H33NO/c1-27(17-8-11-21-9-4-2-5-10-21)18-16-26(28)20-23-14-15-24(26)19-25(23)22-12-6-3-7-13-22/h2-7,9-10,12-13,19,23-24,28H,8,11,14-18,20H2,1H3/t23-,24+,26-/m0/s1. The van der Waals surface area contributed by atoms with E-state index in [1.54, 1.807) is 0 Å². The van der Waals surface area contributed by atoms with Crippen LogP contribution in [0.1, 0.15) is 43.2 Å². The number of hydrogen-bond acceptors (Lipinski definition) is 2. The molecule has 0 spiro atoms. The summed E-state index contributed by atoms with van der Waals surface area (Å²) in [7, 11) is 2.20. The van der Waals surface area contributed by atoms with Gasteiger partial charge in [-0.15, -0.1) is 0 Å². The minimum Gasteiger partial charge on any atom is -0.389 e. The Balaban J connectivity index is 1.30. The van der Waals surface area contributed by atoms with Gasteiger partial charge in [0.05, 0.1) is 5.60 Å². The number of aryl methyl sites for hydroxylation is 1. The maximum Gasteiger partial charge on any atom is 0.0728 e. The molecule has 1 saturated carbocycles. The predicted octanol–water partition coefficient (Wildman–Crippen LogP) is 5.19. The Hall–Kier alpha value is -1.90. The lowest BCUT2D eigenvalue weighted by molar-refractivity contribution is -0.0574. The lowest BCUT2D eigenvalue weighted by Gasteiger charge is -2.48. The Morgan fingerprint density at radius 3 is 2.36 bits per heavy atom. The van der Waals surface area contributed by atoms with Gasteiger partial charge in [-0.3, -0.25) is 0 Å². The normalized spacial score (nSPS) is 26.5. The summed E-state index contributed by atoms with van der Waals surface area (Å²) in [5.41, 5.74) is 3.71. The van der Waals surface area contributed by atoms with E-state index in [1.807, 2.05) is 0 Å². The summed E-state index contributed by atoms with van der Waals surface area (Å²) in [6.45, 7) is 2.06. The first kappa shape index (κ1) is 19.4. The highest BCUT2D eigenvalue weighted by atomic mass is 16.3. The van der Waals surface area contributed by atoms with E-state index in [-0.39, 0.29) is 0 Å². The van der Waals surface area contributed by atoms with Crippen molar-refractivity contribution < 1.29 is 5.11 Å². The van der Waals surface area contributed by atoms with Gasteiger partial charge in [0.1, 0.15) is 0 Å². The molecular weight excluding hydrogens is 342 g/mol. The molecule has 0 aromatic heterocycles. The van der Waals surface area contributed by atoms with Crippen LogP contribution in [0.4, 0.5) is 0 Å². The van der Waals surface area contributed by atoms with Crippen LogP contribution < -0.4 is 0 Å². The Morgan fingerprint density at radius 1 is 0.964 bits per heavy atom. The molecule has 1 N–H and O–H groups in total. The number of hydrogen-bond donors (Lipinski definition) is 1. The highest BCUT2D eigenvalue weighted by molar-refractivity contribution is 5.69. The third kappa shape index (κ3) is 4.39. The molecular formula is C26H33NO. The van der Waals surface area contributed by atoms with Crippen molar-refractivity contribution in [2.75, 3.05) is 20.1 Å². The van der Waals surface area contributed by atoms with E-state index in [0.717, 1.165) is 38.8 Å². The first-order chi connectivity index (χ1) is 13.6. The van der Waals surface area contributed by atoms with E-state index in [4.69, 9.17) is 0 Å². The second-order valence-electron chi connectivity index (χ2n) is 8.82. The van der Waals surface area contributed by atoms with Gasteiger partial charge in [0, 0.05) is 12.5 Å². The van der Waals surface area contributed by atoms with Crippen LogP contribution >= 0.6 is 0 Å². The first-order valence-electron chi connectivity index (χ1n) is 10.9. The average Bonchev–Trinajstić information content (AvgIpc) is 2.74. The Morgan fingerprint density at radius 2 is 1.68 bits per heavy atom. The van der Waals surface area contributed by atoms with E-state index in [2.05, 4.69) is 78.7 Å². The van der Waals surface area contributed by atoms with E-state index in [0.29, 0.717) is 11.8 Å². The summed E-state index contributed by atoms with van der Waals surface area (Å²) < 4.78 is 0. The van der Waals surface area contributed by atoms with Gasteiger partial charge in [-0.25, -0.2) is 0 Å². The second kappa shape index (κ2) is 8.63. The molecule has 3 atom stereocenters. The Labute approximate surface area is 169 Å². The summed E-state index contributed by atoms with van der Waals surface area (Å²) >= 11 is 0. The fourth-order valence-electron chi connectivity index (χ4n) is 5.13. The topological polar surface area (TPSA) is 23.5 Å². The van der Waals surface area contributed by atoms with Crippen LogP contribution in [-0.2, 0) is 6.42 Å². The molecule has 2 aromatic carbocycles. The molecule has 3 aliphatic carbocycles. The van der Waals surface area contributed by atoms with Gasteiger partial charge in [-0.05, 0) is 74.7 Å². The maximum absolute atomic E-state index is 11.4. The quantitative estimate of drug-likeness (QED) is 0.687. The van der Waals surface area contributed by atoms with Crippen LogP contribution in [0, 0.1) is 11.8 Å². The molecule has 2 nitrogen and oxygen atoms in total. The van der Waals surface area contributed by atoms with Gasteiger partial charge in [0.2, 0.25) is 0 Å². The fourth-order valence-corrected chi connectivity index (χ4v) is 5.13. The summed E-state index contributed by atoms with van der Waals surface area (Å²) in [6.07, 6.45) is 8.86. The third-order valence-corrected chi connectivity index (χ3v) is 6.82. The third-order valence-electron chi connectivity index (χ3n) is 6.82. The smallest absolute Gasteiger partial charge is 0.0728 e. The van der Waals surface area contributed by atoms with Gasteiger partial charge >= 0.3 is 0 Å². The summed E-state index contributed by atoms with van der Waals surface area (Å²) in [4.78, 5) is 2.39. The monoisotopic (exact) mass is 375 g/mol. The van der Waals surface area contributed by atoms with Crippen LogP contribution in [0.5, 0.6) is 0 Å². The molecule has 0 amide bonds. The zero-order chi connectivity index (χ0) is 19.4. The van der Waals surface area contributed by atoms with Crippen molar-refractivity contribution in [2.24, 2.45) is 11.8 Å². The van der Waals surface area contributed by atoms with Crippen LogP contribution in [0.15, 0.2) is 66.7 Å². The molecule has 0 radical (unpaired) electrons. The lowest BCUT2D eigenvalue weighted by Crippen LogP contribution is -2.48. The van der Waals surface area contributed by atoms with E-state index >= 15 is 0 Å². The summed E-state index contributed by atoms with van der Waals surface area (Å²) in [5, 5.41) is 11.4. The predicted molar refractivity (Wildman–Crippen MR) is 117 cm³/mol. The SMILES string of the molecule is CN(CCCc1ccccc1)CC[C@]1(O)C[C@@H]2CC[C@@H]1C=C2c1ccccc1. The minimum absolute atomic E-state index is 0.311. The highest BCUT2D eigenvalue weighted by Crippen LogP contribution is 2.51. The molecule has 0 unspecified atom stereocenters. The largest absolute Gasteiger partial charge is 0.389 e. The van der Waals surface area contributed by atoms with Crippen molar-refractivity contribution >= 4 is 5.57 Å². The zero-order valence-corrected chi connectivity index (χ0v) is 17.1. The van der Waals surface area contributed by atoms with Crippen molar-refractivity contribution in [3.63, 3.8) is 0 Å². The second-order valence-corrected chi connectivity index (χ2v) is 8.82. The van der Waals surface area contributed by atoms with Crippen LogP contribution in [0.25, 0.3) is 5.57 Å². The highest BCUT2D eigenvalue weighted by Gasteiger charge is 2.46. The zero-order valence-electron chi connectivity index (χ0n) is 17.1. The van der Waals surface area contributed by atoms with Gasteiger partial charge in [-0.2, -0.15) is 0 Å².